The van der Waals surface area contributed by atoms with E-state index in [0.717, 1.165) is 22.8 Å². The van der Waals surface area contributed by atoms with E-state index in [9.17, 15) is 4.79 Å². The highest BCUT2D eigenvalue weighted by Crippen LogP contribution is 2.08. The van der Waals surface area contributed by atoms with Crippen molar-refractivity contribution in [2.75, 3.05) is 12.4 Å². The van der Waals surface area contributed by atoms with E-state index in [-0.39, 0.29) is 5.69 Å². The number of hydrogen-bond donors (Lipinski definition) is 1. The van der Waals surface area contributed by atoms with Crippen molar-refractivity contribution in [3.05, 3.63) is 52.0 Å². The molecule has 0 spiro atoms. The summed E-state index contributed by atoms with van der Waals surface area (Å²) in [5.74, 6) is 0. The summed E-state index contributed by atoms with van der Waals surface area (Å²) in [5.41, 5.74) is 3.21. The zero-order chi connectivity index (χ0) is 13.1. The van der Waals surface area contributed by atoms with Crippen LogP contribution in [0.2, 0.25) is 0 Å². The second-order valence-corrected chi connectivity index (χ2v) is 4.19. The van der Waals surface area contributed by atoms with E-state index in [4.69, 9.17) is 0 Å². The molecule has 0 aliphatic rings. The van der Waals surface area contributed by atoms with Gasteiger partial charge >= 0.3 is 5.69 Å². The van der Waals surface area contributed by atoms with E-state index in [0.29, 0.717) is 6.54 Å². The number of anilines is 1. The first-order valence-corrected chi connectivity index (χ1v) is 5.78. The van der Waals surface area contributed by atoms with Gasteiger partial charge in [0.2, 0.25) is 0 Å². The summed E-state index contributed by atoms with van der Waals surface area (Å²) in [5, 5.41) is 3.05. The predicted molar refractivity (Wildman–Crippen MR) is 70.9 cm³/mol. The zero-order valence-electron chi connectivity index (χ0n) is 10.8. The lowest BCUT2D eigenvalue weighted by molar-refractivity contribution is 0.681. The first-order valence-electron chi connectivity index (χ1n) is 5.78. The van der Waals surface area contributed by atoms with Crippen LogP contribution < -0.4 is 11.0 Å². The fourth-order valence-corrected chi connectivity index (χ4v) is 1.85. The molecule has 0 saturated heterocycles. The molecule has 0 fully saturated rings. The smallest absolute Gasteiger partial charge is 0.348 e. The average molecular weight is 244 g/mol. The van der Waals surface area contributed by atoms with Crippen molar-refractivity contribution in [1.82, 2.24) is 14.5 Å². The van der Waals surface area contributed by atoms with Gasteiger partial charge in [-0.15, -0.1) is 0 Å². The highest BCUT2D eigenvalue weighted by molar-refractivity contribution is 5.42. The van der Waals surface area contributed by atoms with E-state index >= 15 is 0 Å². The Hall–Kier alpha value is -2.17. The van der Waals surface area contributed by atoms with Gasteiger partial charge in [-0.05, 0) is 32.0 Å². The van der Waals surface area contributed by atoms with Gasteiger partial charge in [0.05, 0.1) is 12.2 Å². The largest absolute Gasteiger partial charge is 0.388 e. The zero-order valence-corrected chi connectivity index (χ0v) is 10.8. The van der Waals surface area contributed by atoms with Crippen molar-refractivity contribution < 1.29 is 0 Å². The van der Waals surface area contributed by atoms with Crippen LogP contribution in [0.25, 0.3) is 0 Å². The maximum absolute atomic E-state index is 11.8. The number of aromatic nitrogens is 3. The van der Waals surface area contributed by atoms with Gasteiger partial charge in [-0.2, -0.15) is 4.98 Å². The second-order valence-electron chi connectivity index (χ2n) is 4.19. The molecule has 5 heteroatoms. The quantitative estimate of drug-likeness (QED) is 0.885. The first kappa shape index (κ1) is 12.3. The molecule has 0 amide bonds. The molecular formula is C13H16N4O. The number of aryl methyl sites for hydroxylation is 2. The molecule has 1 N–H and O–H groups in total. The van der Waals surface area contributed by atoms with Crippen LogP contribution in [0.3, 0.4) is 0 Å². The van der Waals surface area contributed by atoms with Gasteiger partial charge in [-0.3, -0.25) is 9.55 Å². The topological polar surface area (TPSA) is 59.8 Å². The Balaban J connectivity index is 2.37. The molecule has 0 aliphatic heterocycles. The molecule has 2 rings (SSSR count). The van der Waals surface area contributed by atoms with Gasteiger partial charge in [0.15, 0.2) is 0 Å². The summed E-state index contributed by atoms with van der Waals surface area (Å²) in [7, 11) is 1.85. The summed E-state index contributed by atoms with van der Waals surface area (Å²) in [4.78, 5) is 20.0. The fourth-order valence-electron chi connectivity index (χ4n) is 1.85. The Bertz CT molecular complexity index is 619. The molecule has 5 nitrogen and oxygen atoms in total. The van der Waals surface area contributed by atoms with Crippen molar-refractivity contribution in [2.24, 2.45) is 0 Å². The van der Waals surface area contributed by atoms with E-state index < -0.39 is 0 Å². The summed E-state index contributed by atoms with van der Waals surface area (Å²) in [6.45, 7) is 4.16. The van der Waals surface area contributed by atoms with E-state index in [1.54, 1.807) is 10.8 Å². The van der Waals surface area contributed by atoms with Crippen molar-refractivity contribution in [3.8, 4) is 0 Å². The SMILES string of the molecule is CNc1ccnc(Cn2c(C)cc(C)nc2=O)c1. The molecule has 0 radical (unpaired) electrons. The molecule has 2 aromatic heterocycles. The maximum Gasteiger partial charge on any atom is 0.348 e. The molecule has 18 heavy (non-hydrogen) atoms. The third-order valence-corrected chi connectivity index (χ3v) is 2.77. The lowest BCUT2D eigenvalue weighted by Crippen LogP contribution is -2.26. The Morgan fingerprint density at radius 3 is 2.78 bits per heavy atom. The first-order chi connectivity index (χ1) is 8.60. The van der Waals surface area contributed by atoms with Crippen molar-refractivity contribution >= 4 is 5.69 Å². The highest BCUT2D eigenvalue weighted by atomic mass is 16.1. The molecule has 0 aliphatic carbocycles. The maximum atomic E-state index is 11.8. The fraction of sp³-hybridized carbons (Fsp3) is 0.308. The molecule has 94 valence electrons. The lowest BCUT2D eigenvalue weighted by Gasteiger charge is -2.10. The number of rotatable bonds is 3. The summed E-state index contributed by atoms with van der Waals surface area (Å²) < 4.78 is 1.62. The lowest BCUT2D eigenvalue weighted by atomic mass is 10.3. The van der Waals surface area contributed by atoms with Crippen LogP contribution in [-0.2, 0) is 6.54 Å². The van der Waals surface area contributed by atoms with Crippen LogP contribution in [0, 0.1) is 13.8 Å². The highest BCUT2D eigenvalue weighted by Gasteiger charge is 2.05. The van der Waals surface area contributed by atoms with Gasteiger partial charge in [-0.25, -0.2) is 4.79 Å². The molecule has 0 saturated carbocycles. The van der Waals surface area contributed by atoms with Crippen LogP contribution in [-0.4, -0.2) is 21.6 Å². The van der Waals surface area contributed by atoms with E-state index in [1.165, 1.54) is 0 Å². The van der Waals surface area contributed by atoms with Gasteiger partial charge in [0.1, 0.15) is 0 Å². The van der Waals surface area contributed by atoms with E-state index in [2.05, 4.69) is 15.3 Å². The third-order valence-electron chi connectivity index (χ3n) is 2.77. The predicted octanol–water partition coefficient (Wildman–Crippen LogP) is 1.35. The van der Waals surface area contributed by atoms with Crippen molar-refractivity contribution in [3.63, 3.8) is 0 Å². The Morgan fingerprint density at radius 1 is 1.33 bits per heavy atom. The van der Waals surface area contributed by atoms with E-state index in [1.807, 2.05) is 39.1 Å². The normalized spacial score (nSPS) is 10.4. The van der Waals surface area contributed by atoms with Gasteiger partial charge < -0.3 is 5.32 Å². The molecular weight excluding hydrogens is 228 g/mol. The molecule has 0 unspecified atom stereocenters. The Kier molecular flexibility index (Phi) is 3.41. The minimum Gasteiger partial charge on any atom is -0.388 e. The monoisotopic (exact) mass is 244 g/mol. The minimum absolute atomic E-state index is 0.232. The summed E-state index contributed by atoms with van der Waals surface area (Å²) in [6.07, 6.45) is 1.73. The molecule has 0 bridgehead atoms. The average Bonchev–Trinajstić information content (AvgIpc) is 2.34. The number of pyridine rings is 1. The molecule has 2 heterocycles. The Morgan fingerprint density at radius 2 is 2.11 bits per heavy atom. The molecule has 0 aromatic carbocycles. The summed E-state index contributed by atoms with van der Waals surface area (Å²) in [6, 6.07) is 5.70. The van der Waals surface area contributed by atoms with Crippen LogP contribution in [0.1, 0.15) is 17.1 Å². The molecule has 0 atom stereocenters. The Labute approximate surface area is 106 Å². The number of nitrogens with one attached hydrogen (secondary N) is 1. The van der Waals surface area contributed by atoms with Crippen LogP contribution in [0.5, 0.6) is 0 Å². The van der Waals surface area contributed by atoms with Gasteiger partial charge in [0, 0.05) is 30.3 Å². The summed E-state index contributed by atoms with van der Waals surface area (Å²) >= 11 is 0. The van der Waals surface area contributed by atoms with Crippen LogP contribution >= 0.6 is 0 Å². The van der Waals surface area contributed by atoms with Gasteiger partial charge in [-0.1, -0.05) is 0 Å². The number of hydrogen-bond acceptors (Lipinski definition) is 4. The van der Waals surface area contributed by atoms with Gasteiger partial charge in [0.25, 0.3) is 0 Å². The minimum atomic E-state index is -0.232. The standard InChI is InChI=1S/C13H16N4O/c1-9-6-10(2)17(13(18)16-9)8-12-7-11(14-3)4-5-15-12/h4-7H,8H2,1-3H3,(H,14,15). The van der Waals surface area contributed by atoms with Crippen LogP contribution in [0.15, 0.2) is 29.2 Å². The number of nitrogens with zero attached hydrogens (tertiary/aromatic N) is 3. The molecule has 2 aromatic rings. The van der Waals surface area contributed by atoms with Crippen molar-refractivity contribution in [1.29, 1.82) is 0 Å². The second kappa shape index (κ2) is 5.00. The third kappa shape index (κ3) is 2.56. The van der Waals surface area contributed by atoms with Crippen LogP contribution in [0.4, 0.5) is 5.69 Å². The van der Waals surface area contributed by atoms with Crippen molar-refractivity contribution in [2.45, 2.75) is 20.4 Å².